The number of amides is 1. The van der Waals surface area contributed by atoms with Crippen molar-refractivity contribution in [1.29, 1.82) is 0 Å². The summed E-state index contributed by atoms with van der Waals surface area (Å²) in [6.45, 7) is 0.587. The molecular formula is C19H13Cl3N2OS. The number of carbonyl (C=O) groups excluding carboxylic acids is 1. The Hall–Kier alpha value is -1.59. The third kappa shape index (κ3) is 3.01. The van der Waals surface area contributed by atoms with Crippen molar-refractivity contribution in [3.63, 3.8) is 0 Å². The summed E-state index contributed by atoms with van der Waals surface area (Å²) in [5.41, 5.74) is 2.33. The molecular weight excluding hydrogens is 411 g/mol. The molecule has 0 spiro atoms. The van der Waals surface area contributed by atoms with E-state index in [1.807, 2.05) is 35.2 Å². The van der Waals surface area contributed by atoms with E-state index in [-0.39, 0.29) is 32.7 Å². The van der Waals surface area contributed by atoms with Crippen LogP contribution in [0.1, 0.15) is 32.5 Å². The standard InChI is InChI=1S/C19H13Cl3N2OS/c20-13-10-23-17(16(22)15(13)21)19(25)24-8-6-14-12(7-9-26-14)18(24)11-4-2-1-3-5-11/h1-5,7,9-10,18H,6,8H2. The first-order valence-corrected chi connectivity index (χ1v) is 10.0. The predicted octanol–water partition coefficient (Wildman–Crippen LogP) is 5.89. The molecule has 7 heteroatoms. The lowest BCUT2D eigenvalue weighted by atomic mass is 9.93. The van der Waals surface area contributed by atoms with Gasteiger partial charge in [-0.1, -0.05) is 65.1 Å². The highest BCUT2D eigenvalue weighted by molar-refractivity contribution is 7.10. The average molecular weight is 424 g/mol. The van der Waals surface area contributed by atoms with Crippen LogP contribution in [0.25, 0.3) is 0 Å². The van der Waals surface area contributed by atoms with E-state index in [1.165, 1.54) is 11.1 Å². The number of benzene rings is 1. The highest BCUT2D eigenvalue weighted by Crippen LogP contribution is 2.39. The van der Waals surface area contributed by atoms with Crippen molar-refractivity contribution < 1.29 is 4.79 Å². The van der Waals surface area contributed by atoms with Crippen molar-refractivity contribution in [3.05, 3.63) is 84.7 Å². The number of pyridine rings is 1. The Labute approximate surface area is 170 Å². The topological polar surface area (TPSA) is 33.2 Å². The van der Waals surface area contributed by atoms with Gasteiger partial charge in [0.05, 0.1) is 21.1 Å². The van der Waals surface area contributed by atoms with Crippen LogP contribution < -0.4 is 0 Å². The van der Waals surface area contributed by atoms with Gasteiger partial charge in [-0.2, -0.15) is 0 Å². The van der Waals surface area contributed by atoms with Crippen molar-refractivity contribution >= 4 is 52.0 Å². The first-order valence-electron chi connectivity index (χ1n) is 7.99. The summed E-state index contributed by atoms with van der Waals surface area (Å²) >= 11 is 20.0. The van der Waals surface area contributed by atoms with E-state index in [4.69, 9.17) is 34.8 Å². The minimum Gasteiger partial charge on any atom is -0.326 e. The van der Waals surface area contributed by atoms with Gasteiger partial charge in [-0.05, 0) is 29.0 Å². The summed E-state index contributed by atoms with van der Waals surface area (Å²) in [6, 6.07) is 11.9. The van der Waals surface area contributed by atoms with Crippen LogP contribution in [-0.2, 0) is 6.42 Å². The van der Waals surface area contributed by atoms with Crippen LogP contribution in [0.2, 0.25) is 15.1 Å². The molecule has 0 fully saturated rings. The molecule has 4 rings (SSSR count). The smallest absolute Gasteiger partial charge is 0.274 e. The quantitative estimate of drug-likeness (QED) is 0.515. The Morgan fingerprint density at radius 1 is 1.12 bits per heavy atom. The van der Waals surface area contributed by atoms with E-state index in [0.717, 1.165) is 17.5 Å². The van der Waals surface area contributed by atoms with E-state index in [0.29, 0.717) is 6.54 Å². The molecule has 3 heterocycles. The molecule has 1 amide bonds. The van der Waals surface area contributed by atoms with Gasteiger partial charge in [-0.25, -0.2) is 4.98 Å². The van der Waals surface area contributed by atoms with Gasteiger partial charge in [0, 0.05) is 17.6 Å². The Balaban J connectivity index is 1.80. The van der Waals surface area contributed by atoms with E-state index in [9.17, 15) is 4.79 Å². The molecule has 3 aromatic rings. The summed E-state index contributed by atoms with van der Waals surface area (Å²) in [5.74, 6) is -0.251. The summed E-state index contributed by atoms with van der Waals surface area (Å²) in [4.78, 5) is 20.5. The number of fused-ring (bicyclic) bond motifs is 1. The van der Waals surface area contributed by atoms with Crippen molar-refractivity contribution in [2.24, 2.45) is 0 Å². The number of halogens is 3. The molecule has 0 aliphatic carbocycles. The monoisotopic (exact) mass is 422 g/mol. The fourth-order valence-electron chi connectivity index (χ4n) is 3.26. The van der Waals surface area contributed by atoms with Gasteiger partial charge in [0.25, 0.3) is 5.91 Å². The van der Waals surface area contributed by atoms with Gasteiger partial charge in [0.2, 0.25) is 0 Å². The summed E-state index contributed by atoms with van der Waals surface area (Å²) in [6.07, 6.45) is 2.17. The predicted molar refractivity (Wildman–Crippen MR) is 107 cm³/mol. The zero-order chi connectivity index (χ0) is 18.3. The van der Waals surface area contributed by atoms with Crippen molar-refractivity contribution in [2.45, 2.75) is 12.5 Å². The van der Waals surface area contributed by atoms with Crippen molar-refractivity contribution in [1.82, 2.24) is 9.88 Å². The van der Waals surface area contributed by atoms with Crippen LogP contribution in [0.3, 0.4) is 0 Å². The van der Waals surface area contributed by atoms with E-state index in [1.54, 1.807) is 11.3 Å². The Bertz CT molecular complexity index is 974. The lowest BCUT2D eigenvalue weighted by Gasteiger charge is -2.36. The zero-order valence-electron chi connectivity index (χ0n) is 13.5. The molecule has 0 radical (unpaired) electrons. The molecule has 132 valence electrons. The Kier molecular flexibility index (Phi) is 4.93. The number of hydrogen-bond acceptors (Lipinski definition) is 3. The molecule has 0 bridgehead atoms. The van der Waals surface area contributed by atoms with Gasteiger partial charge in [0.15, 0.2) is 0 Å². The molecule has 3 nitrogen and oxygen atoms in total. The summed E-state index contributed by atoms with van der Waals surface area (Å²) in [7, 11) is 0. The highest BCUT2D eigenvalue weighted by Gasteiger charge is 2.34. The minimum atomic E-state index is -0.251. The van der Waals surface area contributed by atoms with E-state index < -0.39 is 0 Å². The van der Waals surface area contributed by atoms with Crippen LogP contribution in [0.4, 0.5) is 0 Å². The first-order chi connectivity index (χ1) is 12.6. The molecule has 1 aliphatic rings. The molecule has 0 N–H and O–H groups in total. The van der Waals surface area contributed by atoms with Crippen LogP contribution >= 0.6 is 46.1 Å². The minimum absolute atomic E-state index is 0.0899. The third-order valence-corrected chi connectivity index (χ3v) is 6.70. The van der Waals surface area contributed by atoms with Crippen molar-refractivity contribution in [3.8, 4) is 0 Å². The first kappa shape index (κ1) is 17.8. The summed E-state index contributed by atoms with van der Waals surface area (Å²) in [5, 5.41) is 2.54. The zero-order valence-corrected chi connectivity index (χ0v) is 16.5. The maximum Gasteiger partial charge on any atom is 0.274 e. The van der Waals surface area contributed by atoms with E-state index in [2.05, 4.69) is 16.4 Å². The molecule has 26 heavy (non-hydrogen) atoms. The fraction of sp³-hybridized carbons (Fsp3) is 0.158. The van der Waals surface area contributed by atoms with Crippen LogP contribution in [0.5, 0.6) is 0 Å². The number of aromatic nitrogens is 1. The average Bonchev–Trinajstić information content (AvgIpc) is 3.14. The van der Waals surface area contributed by atoms with Gasteiger partial charge in [0.1, 0.15) is 5.69 Å². The number of nitrogens with zero attached hydrogens (tertiary/aromatic N) is 2. The largest absolute Gasteiger partial charge is 0.326 e. The molecule has 0 saturated heterocycles. The molecule has 1 aliphatic heterocycles. The lowest BCUT2D eigenvalue weighted by molar-refractivity contribution is 0.0690. The maximum absolute atomic E-state index is 13.3. The number of hydrogen-bond donors (Lipinski definition) is 0. The van der Waals surface area contributed by atoms with Gasteiger partial charge in [-0.15, -0.1) is 11.3 Å². The SMILES string of the molecule is O=C(c1ncc(Cl)c(Cl)c1Cl)N1CCc2sccc2C1c1ccccc1. The van der Waals surface area contributed by atoms with Gasteiger partial charge in [-0.3, -0.25) is 4.79 Å². The van der Waals surface area contributed by atoms with Crippen LogP contribution in [-0.4, -0.2) is 22.3 Å². The Morgan fingerprint density at radius 3 is 2.65 bits per heavy atom. The molecule has 0 saturated carbocycles. The number of rotatable bonds is 2. The van der Waals surface area contributed by atoms with Crippen LogP contribution in [0.15, 0.2) is 48.0 Å². The normalized spacial score (nSPS) is 16.4. The van der Waals surface area contributed by atoms with Crippen LogP contribution in [0, 0.1) is 0 Å². The second-order valence-electron chi connectivity index (χ2n) is 5.94. The second kappa shape index (κ2) is 7.20. The Morgan fingerprint density at radius 2 is 1.88 bits per heavy atom. The van der Waals surface area contributed by atoms with Crippen molar-refractivity contribution in [2.75, 3.05) is 6.54 Å². The fourth-order valence-corrected chi connectivity index (χ4v) is 4.72. The molecule has 1 unspecified atom stereocenters. The second-order valence-corrected chi connectivity index (χ2v) is 8.11. The summed E-state index contributed by atoms with van der Waals surface area (Å²) < 4.78 is 0. The highest BCUT2D eigenvalue weighted by atomic mass is 35.5. The molecule has 2 aromatic heterocycles. The number of carbonyl (C=O) groups is 1. The molecule has 1 aromatic carbocycles. The number of thiophene rings is 1. The maximum atomic E-state index is 13.3. The van der Waals surface area contributed by atoms with Gasteiger partial charge < -0.3 is 4.90 Å². The third-order valence-electron chi connectivity index (χ3n) is 4.46. The molecule has 1 atom stereocenters. The van der Waals surface area contributed by atoms with E-state index >= 15 is 0 Å². The van der Waals surface area contributed by atoms with Gasteiger partial charge >= 0.3 is 0 Å². The lowest BCUT2D eigenvalue weighted by Crippen LogP contribution is -2.40.